The fourth-order valence-electron chi connectivity index (χ4n) is 2.87. The van der Waals surface area contributed by atoms with Crippen LogP contribution in [0.1, 0.15) is 18.2 Å². The van der Waals surface area contributed by atoms with Crippen molar-refractivity contribution < 1.29 is 14.2 Å². The summed E-state index contributed by atoms with van der Waals surface area (Å²) >= 11 is 0. The van der Waals surface area contributed by atoms with Crippen LogP contribution < -0.4 is 4.74 Å². The highest BCUT2D eigenvalue weighted by Gasteiger charge is 2.42. The van der Waals surface area contributed by atoms with Gasteiger partial charge in [0, 0.05) is 19.7 Å². The number of ether oxygens (including phenoxy) is 3. The molecule has 0 bridgehead atoms. The third-order valence-corrected chi connectivity index (χ3v) is 3.90. The van der Waals surface area contributed by atoms with Crippen molar-refractivity contribution in [1.82, 2.24) is 4.90 Å². The molecule has 2 fully saturated rings. The normalized spacial score (nSPS) is 31.6. The van der Waals surface area contributed by atoms with E-state index in [9.17, 15) is 0 Å². The van der Waals surface area contributed by atoms with Gasteiger partial charge in [-0.1, -0.05) is 12.1 Å². The lowest BCUT2D eigenvalue weighted by molar-refractivity contribution is 0.0133. The second-order valence-corrected chi connectivity index (χ2v) is 4.90. The number of methoxy groups -OCH3 is 2. The SMILES string of the molecule is COc1ccc([C@H]2OC[C@@H]3CC(OC)CN32)cc1. The molecule has 0 radical (unpaired) electrons. The smallest absolute Gasteiger partial charge is 0.137 e. The van der Waals surface area contributed by atoms with E-state index in [1.54, 1.807) is 14.2 Å². The number of nitrogens with zero attached hydrogens (tertiary/aromatic N) is 1. The van der Waals surface area contributed by atoms with Crippen LogP contribution in [0.3, 0.4) is 0 Å². The molecule has 2 aliphatic rings. The van der Waals surface area contributed by atoms with Crippen LogP contribution in [0.4, 0.5) is 0 Å². The number of hydrogen-bond acceptors (Lipinski definition) is 4. The van der Waals surface area contributed by atoms with E-state index in [4.69, 9.17) is 14.2 Å². The Kier molecular flexibility index (Phi) is 3.24. The molecule has 4 nitrogen and oxygen atoms in total. The highest BCUT2D eigenvalue weighted by atomic mass is 16.5. The maximum absolute atomic E-state index is 5.90. The van der Waals surface area contributed by atoms with Crippen molar-refractivity contribution >= 4 is 0 Å². The summed E-state index contributed by atoms with van der Waals surface area (Å²) in [6, 6.07) is 8.62. The molecule has 0 aliphatic carbocycles. The summed E-state index contributed by atoms with van der Waals surface area (Å²) in [5.41, 5.74) is 1.19. The van der Waals surface area contributed by atoms with Gasteiger partial charge in [0.25, 0.3) is 0 Å². The summed E-state index contributed by atoms with van der Waals surface area (Å²) in [5.74, 6) is 0.879. The largest absolute Gasteiger partial charge is 0.497 e. The molecule has 2 aliphatic heterocycles. The van der Waals surface area contributed by atoms with Gasteiger partial charge in [0.05, 0.1) is 19.8 Å². The van der Waals surface area contributed by atoms with Gasteiger partial charge in [-0.2, -0.15) is 0 Å². The van der Waals surface area contributed by atoms with Crippen LogP contribution in [0.25, 0.3) is 0 Å². The molecule has 2 heterocycles. The van der Waals surface area contributed by atoms with Crippen molar-refractivity contribution in [2.24, 2.45) is 0 Å². The van der Waals surface area contributed by atoms with Gasteiger partial charge in [-0.05, 0) is 24.1 Å². The zero-order valence-electron chi connectivity index (χ0n) is 10.8. The third-order valence-electron chi connectivity index (χ3n) is 3.90. The van der Waals surface area contributed by atoms with Crippen LogP contribution in [-0.2, 0) is 9.47 Å². The summed E-state index contributed by atoms with van der Waals surface area (Å²) in [4.78, 5) is 2.40. The van der Waals surface area contributed by atoms with Crippen molar-refractivity contribution in [3.05, 3.63) is 29.8 Å². The molecule has 3 rings (SSSR count). The van der Waals surface area contributed by atoms with Crippen molar-refractivity contribution in [3.8, 4) is 5.75 Å². The lowest BCUT2D eigenvalue weighted by atomic mass is 10.2. The minimum atomic E-state index is 0.0704. The summed E-state index contributed by atoms with van der Waals surface area (Å²) in [6.45, 7) is 1.76. The van der Waals surface area contributed by atoms with Crippen molar-refractivity contribution in [2.45, 2.75) is 24.8 Å². The van der Waals surface area contributed by atoms with E-state index in [0.29, 0.717) is 12.1 Å². The molecule has 2 saturated heterocycles. The maximum atomic E-state index is 5.90. The third kappa shape index (κ3) is 2.00. The standard InChI is InChI=1S/C14H19NO3/c1-16-12-5-3-10(4-6-12)14-15-8-13(17-2)7-11(15)9-18-14/h3-6,11,13-14H,7-9H2,1-2H3/t11-,13?,14+/m0/s1. The Morgan fingerprint density at radius 2 is 2.00 bits per heavy atom. The summed E-state index contributed by atoms with van der Waals surface area (Å²) < 4.78 is 16.5. The molecule has 3 atom stereocenters. The van der Waals surface area contributed by atoms with Crippen molar-refractivity contribution in [2.75, 3.05) is 27.4 Å². The minimum Gasteiger partial charge on any atom is -0.497 e. The average molecular weight is 249 g/mol. The molecule has 1 aromatic carbocycles. The molecule has 1 aromatic rings. The summed E-state index contributed by atoms with van der Waals surface area (Å²) in [6.07, 6.45) is 1.49. The first kappa shape index (κ1) is 12.0. The van der Waals surface area contributed by atoms with Crippen LogP contribution in [0.2, 0.25) is 0 Å². The van der Waals surface area contributed by atoms with E-state index in [1.807, 2.05) is 12.1 Å². The monoisotopic (exact) mass is 249 g/mol. The van der Waals surface area contributed by atoms with E-state index in [0.717, 1.165) is 25.3 Å². The van der Waals surface area contributed by atoms with Crippen LogP contribution in [-0.4, -0.2) is 44.4 Å². The van der Waals surface area contributed by atoms with Gasteiger partial charge in [-0.3, -0.25) is 4.90 Å². The second kappa shape index (κ2) is 4.88. The van der Waals surface area contributed by atoms with Crippen LogP contribution >= 0.6 is 0 Å². The zero-order chi connectivity index (χ0) is 12.5. The topological polar surface area (TPSA) is 30.9 Å². The summed E-state index contributed by atoms with van der Waals surface area (Å²) in [7, 11) is 3.47. The van der Waals surface area contributed by atoms with Gasteiger partial charge in [-0.15, -0.1) is 0 Å². The molecule has 0 aromatic heterocycles. The van der Waals surface area contributed by atoms with Crippen LogP contribution in [0.15, 0.2) is 24.3 Å². The average Bonchev–Trinajstić information content (AvgIpc) is 2.98. The molecule has 4 heteroatoms. The van der Waals surface area contributed by atoms with E-state index < -0.39 is 0 Å². The zero-order valence-corrected chi connectivity index (χ0v) is 10.8. The Balaban J connectivity index is 1.76. The molecule has 1 unspecified atom stereocenters. The predicted molar refractivity (Wildman–Crippen MR) is 67.6 cm³/mol. The highest BCUT2D eigenvalue weighted by molar-refractivity contribution is 5.29. The Labute approximate surface area is 107 Å². The molecule has 0 amide bonds. The van der Waals surface area contributed by atoms with Gasteiger partial charge < -0.3 is 14.2 Å². The van der Waals surface area contributed by atoms with E-state index in [2.05, 4.69) is 17.0 Å². The number of fused-ring (bicyclic) bond motifs is 1. The van der Waals surface area contributed by atoms with Gasteiger partial charge in [0.2, 0.25) is 0 Å². The minimum absolute atomic E-state index is 0.0704. The maximum Gasteiger partial charge on any atom is 0.137 e. The predicted octanol–water partition coefficient (Wildman–Crippen LogP) is 1.81. The molecule has 0 saturated carbocycles. The lowest BCUT2D eigenvalue weighted by Crippen LogP contribution is -2.27. The van der Waals surface area contributed by atoms with E-state index in [1.165, 1.54) is 5.56 Å². The lowest BCUT2D eigenvalue weighted by Gasteiger charge is -2.22. The Bertz CT molecular complexity index is 406. The Morgan fingerprint density at radius 3 is 2.67 bits per heavy atom. The first-order valence-corrected chi connectivity index (χ1v) is 6.36. The van der Waals surface area contributed by atoms with Crippen LogP contribution in [0, 0.1) is 0 Å². The first-order chi connectivity index (χ1) is 8.81. The molecule has 18 heavy (non-hydrogen) atoms. The molecular formula is C14H19NO3. The van der Waals surface area contributed by atoms with Crippen molar-refractivity contribution in [1.29, 1.82) is 0 Å². The Morgan fingerprint density at radius 1 is 1.22 bits per heavy atom. The Hall–Kier alpha value is -1.10. The molecule has 0 N–H and O–H groups in total. The second-order valence-electron chi connectivity index (χ2n) is 4.90. The van der Waals surface area contributed by atoms with Gasteiger partial charge in [-0.25, -0.2) is 0 Å². The van der Waals surface area contributed by atoms with Crippen molar-refractivity contribution in [3.63, 3.8) is 0 Å². The van der Waals surface area contributed by atoms with Crippen LogP contribution in [0.5, 0.6) is 5.75 Å². The number of rotatable bonds is 3. The number of benzene rings is 1. The van der Waals surface area contributed by atoms with Gasteiger partial charge in [0.1, 0.15) is 12.0 Å². The fraction of sp³-hybridized carbons (Fsp3) is 0.571. The van der Waals surface area contributed by atoms with E-state index in [-0.39, 0.29) is 6.23 Å². The fourth-order valence-corrected chi connectivity index (χ4v) is 2.87. The highest BCUT2D eigenvalue weighted by Crippen LogP contribution is 2.37. The number of hydrogen-bond donors (Lipinski definition) is 0. The molecule has 0 spiro atoms. The quantitative estimate of drug-likeness (QED) is 0.817. The summed E-state index contributed by atoms with van der Waals surface area (Å²) in [5, 5.41) is 0. The van der Waals surface area contributed by atoms with Gasteiger partial charge in [0.15, 0.2) is 0 Å². The first-order valence-electron chi connectivity index (χ1n) is 6.36. The molecular weight excluding hydrogens is 230 g/mol. The van der Waals surface area contributed by atoms with Gasteiger partial charge >= 0.3 is 0 Å². The molecule has 98 valence electrons. The van der Waals surface area contributed by atoms with E-state index >= 15 is 0 Å².